The highest BCUT2D eigenvalue weighted by Crippen LogP contribution is 2.03. The van der Waals surface area contributed by atoms with E-state index in [9.17, 15) is 14.5 Å². The van der Waals surface area contributed by atoms with Crippen molar-refractivity contribution >= 4 is 11.9 Å². The third-order valence-corrected chi connectivity index (χ3v) is 2.62. The van der Waals surface area contributed by atoms with Crippen molar-refractivity contribution in [2.45, 2.75) is 33.8 Å². The van der Waals surface area contributed by atoms with E-state index in [0.29, 0.717) is 5.57 Å². The molecule has 0 aliphatic heterocycles. The number of ether oxygens (including phenoxy) is 1. The molecule has 142 valence electrons. The van der Waals surface area contributed by atoms with E-state index in [1.54, 1.807) is 24.3 Å². The lowest BCUT2D eigenvalue weighted by atomic mass is 10.1. The molecule has 0 aliphatic rings. The van der Waals surface area contributed by atoms with Gasteiger partial charge in [0, 0.05) is 12.0 Å². The number of nitroso groups, excluding NO2 is 1. The second kappa shape index (κ2) is 18.3. The minimum atomic E-state index is -0.742. The fourth-order valence-corrected chi connectivity index (χ4v) is 1.57. The van der Waals surface area contributed by atoms with Crippen LogP contribution in [0.15, 0.2) is 72.0 Å². The number of nitrogens with zero attached hydrogens (tertiary/aromatic N) is 1. The Bertz CT molecular complexity index is 593. The molecule has 0 saturated carbocycles. The van der Waals surface area contributed by atoms with Crippen molar-refractivity contribution in [1.82, 2.24) is 0 Å². The molecule has 1 aromatic carbocycles. The highest BCUT2D eigenvalue weighted by atomic mass is 16.5. The molecule has 0 saturated heterocycles. The summed E-state index contributed by atoms with van der Waals surface area (Å²) in [5, 5.41) is 2.63. The Balaban J connectivity index is 0. The standard InChI is InChI=1S/C10H13NO2.C8H9NO2.C2H6/c1-3-5-9(6-4-2)10(12)7-8-11-13;9-8(10)11-6-7-4-2-1-3-5-7;1-2/h3-6H,1,7-8H2,2H3;1-5H,6H2,(H2,9,10);1-2H3/b6-4-,9-5+;;. The Morgan fingerprint density at radius 1 is 1.23 bits per heavy atom. The number of hydrogen-bond acceptors (Lipinski definition) is 5. The molecule has 0 radical (unpaired) electrons. The third-order valence-electron chi connectivity index (χ3n) is 2.62. The lowest BCUT2D eigenvalue weighted by Gasteiger charge is -1.99. The molecule has 0 aliphatic carbocycles. The first-order valence-corrected chi connectivity index (χ1v) is 8.29. The summed E-state index contributed by atoms with van der Waals surface area (Å²) in [6, 6.07) is 9.37. The lowest BCUT2D eigenvalue weighted by molar-refractivity contribution is -0.115. The average molecular weight is 360 g/mol. The first kappa shape index (κ1) is 25.2. The Labute approximate surface area is 155 Å². The van der Waals surface area contributed by atoms with E-state index >= 15 is 0 Å². The van der Waals surface area contributed by atoms with E-state index in [1.807, 2.05) is 51.1 Å². The van der Waals surface area contributed by atoms with Crippen LogP contribution < -0.4 is 5.73 Å². The van der Waals surface area contributed by atoms with E-state index in [-0.39, 0.29) is 25.4 Å². The number of rotatable bonds is 8. The Morgan fingerprint density at radius 2 is 1.85 bits per heavy atom. The van der Waals surface area contributed by atoms with Gasteiger partial charge in [-0.2, -0.15) is 4.91 Å². The molecule has 0 bridgehead atoms. The van der Waals surface area contributed by atoms with Crippen molar-refractivity contribution in [3.63, 3.8) is 0 Å². The summed E-state index contributed by atoms with van der Waals surface area (Å²) >= 11 is 0. The van der Waals surface area contributed by atoms with Crippen LogP contribution in [0.1, 0.15) is 32.8 Å². The number of ketones is 1. The molecular weight excluding hydrogens is 332 g/mol. The van der Waals surface area contributed by atoms with Crippen LogP contribution in [0, 0.1) is 4.91 Å². The van der Waals surface area contributed by atoms with Gasteiger partial charge in [-0.1, -0.05) is 80.2 Å². The molecule has 0 spiro atoms. The van der Waals surface area contributed by atoms with Crippen molar-refractivity contribution in [3.8, 4) is 0 Å². The number of Topliss-reactive ketones (excluding diaryl/α,β-unsaturated/α-hetero) is 1. The van der Waals surface area contributed by atoms with Crippen molar-refractivity contribution in [2.75, 3.05) is 6.54 Å². The van der Waals surface area contributed by atoms with Crippen LogP contribution in [0.2, 0.25) is 0 Å². The molecule has 0 heterocycles. The molecule has 26 heavy (non-hydrogen) atoms. The first-order chi connectivity index (χ1) is 12.5. The van der Waals surface area contributed by atoms with Gasteiger partial charge in [-0.05, 0) is 12.5 Å². The summed E-state index contributed by atoms with van der Waals surface area (Å²) in [6.07, 6.45) is 6.03. The van der Waals surface area contributed by atoms with Gasteiger partial charge in [0.2, 0.25) is 0 Å². The molecule has 0 unspecified atom stereocenters. The topological polar surface area (TPSA) is 98.8 Å². The number of allylic oxidation sites excluding steroid dienone is 5. The summed E-state index contributed by atoms with van der Waals surface area (Å²) in [4.78, 5) is 31.3. The monoisotopic (exact) mass is 360 g/mol. The lowest BCUT2D eigenvalue weighted by Crippen LogP contribution is -2.12. The van der Waals surface area contributed by atoms with E-state index in [0.717, 1.165) is 5.56 Å². The van der Waals surface area contributed by atoms with E-state index in [4.69, 9.17) is 5.73 Å². The zero-order valence-electron chi connectivity index (χ0n) is 15.7. The molecule has 1 rings (SSSR count). The number of amides is 1. The van der Waals surface area contributed by atoms with Gasteiger partial charge in [0.1, 0.15) is 6.61 Å². The largest absolute Gasteiger partial charge is 0.445 e. The SMILES string of the molecule is C=C/C=C(\C=C/C)C(=O)CCN=O.CC.NC(=O)OCc1ccccc1. The highest BCUT2D eigenvalue weighted by Gasteiger charge is 2.04. The van der Waals surface area contributed by atoms with E-state index < -0.39 is 6.09 Å². The molecular formula is C20H28N2O4. The minimum absolute atomic E-state index is 0.0326. The summed E-state index contributed by atoms with van der Waals surface area (Å²) in [5.41, 5.74) is 6.27. The molecule has 2 N–H and O–H groups in total. The van der Waals surface area contributed by atoms with Gasteiger partial charge in [0.25, 0.3) is 0 Å². The second-order valence-electron chi connectivity index (χ2n) is 4.48. The third kappa shape index (κ3) is 14.6. The quantitative estimate of drug-likeness (QED) is 0.412. The number of benzene rings is 1. The van der Waals surface area contributed by atoms with Gasteiger partial charge in [0.15, 0.2) is 5.78 Å². The highest BCUT2D eigenvalue weighted by molar-refractivity contribution is 5.98. The second-order valence-corrected chi connectivity index (χ2v) is 4.48. The fraction of sp³-hybridized carbons (Fsp3) is 0.300. The van der Waals surface area contributed by atoms with Gasteiger partial charge in [-0.25, -0.2) is 4.79 Å². The van der Waals surface area contributed by atoms with E-state index in [2.05, 4.69) is 16.5 Å². The minimum Gasteiger partial charge on any atom is -0.445 e. The van der Waals surface area contributed by atoms with Crippen LogP contribution in [0.3, 0.4) is 0 Å². The maximum Gasteiger partial charge on any atom is 0.404 e. The van der Waals surface area contributed by atoms with Crippen LogP contribution in [0.25, 0.3) is 0 Å². The van der Waals surface area contributed by atoms with Crippen molar-refractivity contribution < 1.29 is 14.3 Å². The van der Waals surface area contributed by atoms with Crippen LogP contribution in [-0.2, 0) is 16.1 Å². The predicted octanol–water partition coefficient (Wildman–Crippen LogP) is 4.71. The molecule has 1 amide bonds. The number of nitrogens with two attached hydrogens (primary N) is 1. The Morgan fingerprint density at radius 3 is 2.31 bits per heavy atom. The van der Waals surface area contributed by atoms with Gasteiger partial charge in [0.05, 0.1) is 6.54 Å². The van der Waals surface area contributed by atoms with Gasteiger partial charge < -0.3 is 10.5 Å². The van der Waals surface area contributed by atoms with Crippen LogP contribution in [-0.4, -0.2) is 18.4 Å². The smallest absolute Gasteiger partial charge is 0.404 e. The fourth-order valence-electron chi connectivity index (χ4n) is 1.57. The molecule has 0 atom stereocenters. The predicted molar refractivity (Wildman–Crippen MR) is 106 cm³/mol. The number of carbonyl (C=O) groups is 2. The molecule has 6 heteroatoms. The Kier molecular flexibility index (Phi) is 17.8. The molecule has 0 aromatic heterocycles. The molecule has 0 fully saturated rings. The van der Waals surface area contributed by atoms with Crippen molar-refractivity contribution in [3.05, 3.63) is 77.3 Å². The van der Waals surface area contributed by atoms with Gasteiger partial charge in [-0.15, -0.1) is 0 Å². The average Bonchev–Trinajstić information content (AvgIpc) is 2.67. The number of hydrogen-bond donors (Lipinski definition) is 1. The van der Waals surface area contributed by atoms with Gasteiger partial charge in [-0.3, -0.25) is 4.79 Å². The van der Waals surface area contributed by atoms with Crippen LogP contribution >= 0.6 is 0 Å². The Hall–Kier alpha value is -3.02. The van der Waals surface area contributed by atoms with E-state index in [1.165, 1.54) is 0 Å². The van der Waals surface area contributed by atoms with Crippen molar-refractivity contribution in [1.29, 1.82) is 0 Å². The van der Waals surface area contributed by atoms with Crippen LogP contribution in [0.4, 0.5) is 4.79 Å². The molecule has 1 aromatic rings. The zero-order chi connectivity index (χ0) is 20.2. The summed E-state index contributed by atoms with van der Waals surface area (Å²) in [7, 11) is 0. The maximum absolute atomic E-state index is 11.3. The van der Waals surface area contributed by atoms with Crippen LogP contribution in [0.5, 0.6) is 0 Å². The summed E-state index contributed by atoms with van der Waals surface area (Å²) in [5.74, 6) is -0.0856. The summed E-state index contributed by atoms with van der Waals surface area (Å²) in [6.45, 7) is 9.60. The first-order valence-electron chi connectivity index (χ1n) is 8.29. The maximum atomic E-state index is 11.3. The summed E-state index contributed by atoms with van der Waals surface area (Å²) < 4.78 is 4.57. The zero-order valence-corrected chi connectivity index (χ0v) is 15.7. The number of primary amides is 1. The normalized spacial score (nSPS) is 9.88. The molecule has 6 nitrogen and oxygen atoms in total. The van der Waals surface area contributed by atoms with Gasteiger partial charge >= 0.3 is 6.09 Å². The van der Waals surface area contributed by atoms with Crippen molar-refractivity contribution in [2.24, 2.45) is 10.9 Å². The number of carbonyl (C=O) groups excluding carboxylic acids is 2.